The molecule has 12 nitrogen and oxygen atoms in total. The largest absolute Gasteiger partial charge is 0.477 e. The first-order chi connectivity index (χ1) is 38.4. The van der Waals surface area contributed by atoms with Crippen LogP contribution < -0.4 is 10.6 Å². The van der Waals surface area contributed by atoms with Crippen molar-refractivity contribution in [3.63, 3.8) is 0 Å². The minimum Gasteiger partial charge on any atom is -0.477 e. The van der Waals surface area contributed by atoms with Gasteiger partial charge >= 0.3 is 17.9 Å². The van der Waals surface area contributed by atoms with E-state index in [1.807, 2.05) is 76.2 Å². The molecule has 2 aromatic carbocycles. The highest BCUT2D eigenvalue weighted by atomic mass is 35.5. The summed E-state index contributed by atoms with van der Waals surface area (Å²) in [5.74, 6) is 16.0. The highest BCUT2D eigenvalue weighted by molar-refractivity contribution is 7.66. The second-order valence-electron chi connectivity index (χ2n) is 23.1. The van der Waals surface area contributed by atoms with Crippen LogP contribution in [0.15, 0.2) is 54.6 Å². The molecule has 21 heteroatoms. The topological polar surface area (TPSA) is 191 Å². The third kappa shape index (κ3) is 22.1. The zero-order valence-electron chi connectivity index (χ0n) is 49.6. The molecule has 5 aromatic rings. The number of carboxylic acids is 3. The Labute approximate surface area is 518 Å². The van der Waals surface area contributed by atoms with Crippen molar-refractivity contribution in [2.24, 2.45) is 22.2 Å². The van der Waals surface area contributed by atoms with Crippen LogP contribution in [0, 0.1) is 64.6 Å². The lowest BCUT2D eigenvalue weighted by atomic mass is 9.91. The smallest absolute Gasteiger partial charge is 0.346 e. The second-order valence-corrected chi connectivity index (χ2v) is 35.1. The van der Waals surface area contributed by atoms with E-state index in [4.69, 9.17) is 48.4 Å². The van der Waals surface area contributed by atoms with Gasteiger partial charge in [-0.2, -0.15) is 0 Å². The van der Waals surface area contributed by atoms with E-state index in [0.717, 1.165) is 65.3 Å². The molecule has 3 atom stereocenters. The first kappa shape index (κ1) is 71.6. The molecule has 3 heterocycles. The van der Waals surface area contributed by atoms with Crippen molar-refractivity contribution < 1.29 is 57.0 Å². The van der Waals surface area contributed by atoms with Gasteiger partial charge in [-0.15, -0.1) is 34.0 Å². The van der Waals surface area contributed by atoms with Crippen LogP contribution in [0.5, 0.6) is 0 Å². The number of rotatable bonds is 18. The Kier molecular flexibility index (Phi) is 26.4. The van der Waals surface area contributed by atoms with Crippen LogP contribution in [0.4, 0.5) is 0 Å². The fourth-order valence-corrected chi connectivity index (χ4v) is 19.9. The number of halogens is 3. The molecule has 1 aliphatic carbocycles. The molecule has 6 rings (SSSR count). The first-order valence-corrected chi connectivity index (χ1v) is 36.1. The minimum absolute atomic E-state index is 0.00135. The fourth-order valence-electron chi connectivity index (χ4n) is 8.51. The van der Waals surface area contributed by atoms with E-state index in [2.05, 4.69) is 42.4 Å². The molecule has 3 N–H and O–H groups in total. The van der Waals surface area contributed by atoms with E-state index in [1.165, 1.54) is 6.07 Å². The van der Waals surface area contributed by atoms with Gasteiger partial charge in [0.05, 0.1) is 63.3 Å². The predicted octanol–water partition coefficient (Wildman–Crippen LogP) is 18.5. The summed E-state index contributed by atoms with van der Waals surface area (Å²) in [6.07, 6.45) is 3.99. The molecular formula is C62H76Cl3O12P3S3. The van der Waals surface area contributed by atoms with Crippen LogP contribution in [0.3, 0.4) is 0 Å². The quantitative estimate of drug-likeness (QED) is 0.0557. The summed E-state index contributed by atoms with van der Waals surface area (Å²) in [6.45, 7) is 28.1. The van der Waals surface area contributed by atoms with Gasteiger partial charge < -0.3 is 28.9 Å². The Morgan fingerprint density at radius 1 is 0.542 bits per heavy atom. The van der Waals surface area contributed by atoms with Crippen molar-refractivity contribution in [3.8, 4) is 35.5 Å². The fraction of sp³-hybridized carbons (Fsp3) is 0.468. The summed E-state index contributed by atoms with van der Waals surface area (Å²) >= 11 is 21.5. The molecule has 450 valence electrons. The minimum atomic E-state index is -3.45. The molecule has 1 aliphatic rings. The lowest BCUT2D eigenvalue weighted by Crippen LogP contribution is -2.20. The van der Waals surface area contributed by atoms with Crippen LogP contribution in [-0.2, 0) is 45.8 Å². The van der Waals surface area contributed by atoms with Crippen LogP contribution in [0.2, 0.25) is 15.1 Å². The van der Waals surface area contributed by atoms with E-state index in [9.17, 15) is 43.4 Å². The van der Waals surface area contributed by atoms with E-state index < -0.39 is 40.0 Å². The molecule has 0 spiro atoms. The van der Waals surface area contributed by atoms with Crippen LogP contribution >= 0.6 is 90.9 Å². The van der Waals surface area contributed by atoms with Crippen molar-refractivity contribution in [2.45, 2.75) is 147 Å². The third-order valence-corrected chi connectivity index (χ3v) is 24.7. The van der Waals surface area contributed by atoms with Gasteiger partial charge in [0.25, 0.3) is 0 Å². The average molecular weight is 1310 g/mol. The Morgan fingerprint density at radius 2 is 0.892 bits per heavy atom. The average Bonchev–Trinajstić information content (AvgIpc) is 4.34. The number of carbonyl (C=O) groups is 3. The van der Waals surface area contributed by atoms with Crippen LogP contribution in [-0.4, -0.2) is 58.7 Å². The Bertz CT molecular complexity index is 3320. The van der Waals surface area contributed by atoms with Gasteiger partial charge in [-0.3, -0.25) is 13.7 Å². The zero-order valence-corrected chi connectivity index (χ0v) is 57.0. The maximum atomic E-state index is 13.7. The SMILES string of the molecule is CCOP(=O)(Cc1cc(C#CC(C)(C)C)sc1C(=O)O)C1CCC(C)CC1.CCOP(=O)(Cc1cc(C#CC(C)(C)C)sc1C(=O)O)c1ccc(Cl)cc1C.CCOP(=O)(Cc1cc(C#CC(C)(C)C)sc1C(=O)O)c1ccc(Cl)cc1Cl. The molecule has 83 heavy (non-hydrogen) atoms. The molecule has 0 aliphatic heterocycles. The number of carboxylic acid groups (broad SMARTS) is 3. The van der Waals surface area contributed by atoms with Gasteiger partial charge in [0.1, 0.15) is 14.6 Å². The summed E-state index contributed by atoms with van der Waals surface area (Å²) in [5.41, 5.74) is 1.69. The van der Waals surface area contributed by atoms with Gasteiger partial charge in [0.15, 0.2) is 0 Å². The number of aryl methyl sites for hydroxylation is 1. The number of hydrogen-bond donors (Lipinski definition) is 3. The molecule has 0 saturated heterocycles. The standard InChI is InChI=1S/C21H24ClO4PS.C21H31O4PS.C20H21Cl2O4PS/c1-6-26-27(25,18-8-7-16(22)11-14(18)2)13-15-12-17(9-10-21(3,4)5)28-19(15)20(23)24;1-6-25-26(24,17-9-7-15(2)8-10-17)14-16-13-18(11-12-21(3,4)5)27-19(16)20(22)23;1-5-26-27(25,17-7-6-14(21)11-16(17)22)12-13-10-15(8-9-20(2,3)4)28-18(13)19(23)24/h7-8,11-12H,6,13H2,1-5H3,(H,23,24);13,15,17H,6-10,14H2,1-5H3,(H,22,23);6-7,10-11H,5,12H2,1-4H3,(H,23,24). The summed E-state index contributed by atoms with van der Waals surface area (Å²) in [7, 11) is -9.72. The van der Waals surface area contributed by atoms with Crippen molar-refractivity contribution in [1.82, 2.24) is 0 Å². The highest BCUT2D eigenvalue weighted by Crippen LogP contribution is 2.60. The summed E-state index contributed by atoms with van der Waals surface area (Å²) < 4.78 is 58.2. The van der Waals surface area contributed by atoms with E-state index >= 15 is 0 Å². The molecule has 0 radical (unpaired) electrons. The van der Waals surface area contributed by atoms with Crippen molar-refractivity contribution in [2.75, 3.05) is 19.8 Å². The second kappa shape index (κ2) is 30.6. The molecule has 3 unspecified atom stereocenters. The molecule has 1 fully saturated rings. The van der Waals surface area contributed by atoms with Crippen molar-refractivity contribution in [3.05, 3.63) is 121 Å². The molecular weight excluding hydrogens is 1230 g/mol. The van der Waals surface area contributed by atoms with E-state index in [1.54, 1.807) is 62.4 Å². The lowest BCUT2D eigenvalue weighted by molar-refractivity contribution is 0.0690. The molecule has 3 aromatic heterocycles. The van der Waals surface area contributed by atoms with Gasteiger partial charge in [-0.05, 0) is 198 Å². The van der Waals surface area contributed by atoms with Crippen LogP contribution in [0.1, 0.15) is 182 Å². The van der Waals surface area contributed by atoms with E-state index in [0.29, 0.717) is 64.5 Å². The predicted molar refractivity (Wildman–Crippen MR) is 345 cm³/mol. The number of thiophene rings is 3. The Balaban J connectivity index is 0.000000267. The summed E-state index contributed by atoms with van der Waals surface area (Å²) in [6, 6.07) is 14.9. The molecule has 0 amide bonds. The zero-order chi connectivity index (χ0) is 62.5. The first-order valence-electron chi connectivity index (χ1n) is 27.0. The van der Waals surface area contributed by atoms with Crippen LogP contribution in [0.25, 0.3) is 0 Å². The Morgan fingerprint density at radius 3 is 1.23 bits per heavy atom. The number of hydrogen-bond acceptors (Lipinski definition) is 12. The van der Waals surface area contributed by atoms with Crippen molar-refractivity contribution in [1.29, 1.82) is 0 Å². The number of aromatic carboxylic acids is 3. The summed E-state index contributed by atoms with van der Waals surface area (Å²) in [5, 5.41) is 30.9. The maximum absolute atomic E-state index is 13.7. The lowest BCUT2D eigenvalue weighted by Gasteiger charge is -2.32. The van der Waals surface area contributed by atoms with Gasteiger partial charge in [0, 0.05) is 37.3 Å². The monoisotopic (exact) mass is 1310 g/mol. The normalized spacial score (nSPS) is 16.4. The third-order valence-electron chi connectivity index (χ3n) is 12.2. The summed E-state index contributed by atoms with van der Waals surface area (Å²) in [4.78, 5) is 37.6. The molecule has 1 saturated carbocycles. The van der Waals surface area contributed by atoms with Crippen molar-refractivity contribution >= 4 is 119 Å². The van der Waals surface area contributed by atoms with Gasteiger partial charge in [-0.1, -0.05) is 77.2 Å². The van der Waals surface area contributed by atoms with E-state index in [-0.39, 0.29) is 73.3 Å². The molecule has 0 bridgehead atoms. The Hall–Kier alpha value is -3.93. The van der Waals surface area contributed by atoms with Gasteiger partial charge in [-0.25, -0.2) is 14.4 Å². The van der Waals surface area contributed by atoms with Gasteiger partial charge in [0.2, 0.25) is 22.1 Å². The number of benzene rings is 2. The highest BCUT2D eigenvalue weighted by Gasteiger charge is 2.38. The maximum Gasteiger partial charge on any atom is 0.346 e.